The van der Waals surface area contributed by atoms with Gasteiger partial charge in [0.25, 0.3) is 5.91 Å². The smallest absolute Gasteiger partial charge is 0.257 e. The summed E-state index contributed by atoms with van der Waals surface area (Å²) in [6.45, 7) is 2.03. The molecule has 17 heavy (non-hydrogen) atoms. The van der Waals surface area contributed by atoms with Crippen LogP contribution in [0.25, 0.3) is 0 Å². The van der Waals surface area contributed by atoms with E-state index < -0.39 is 17.5 Å². The summed E-state index contributed by atoms with van der Waals surface area (Å²) in [5.74, 6) is -2.12. The minimum absolute atomic E-state index is 0.136. The first-order chi connectivity index (χ1) is 8.10. The van der Waals surface area contributed by atoms with Crippen molar-refractivity contribution in [3.05, 3.63) is 35.4 Å². The van der Waals surface area contributed by atoms with E-state index in [2.05, 4.69) is 0 Å². The summed E-state index contributed by atoms with van der Waals surface area (Å²) < 4.78 is 26.3. The standard InChI is InChI=1S/C12H12F2N2O/c1-2-6-16(7-5-15)12(17)10-8-9(13)3-4-11(10)14/h3-4,8H,2,6-7H2,1H3. The summed E-state index contributed by atoms with van der Waals surface area (Å²) in [4.78, 5) is 13.1. The van der Waals surface area contributed by atoms with Gasteiger partial charge in [0.2, 0.25) is 0 Å². The van der Waals surface area contributed by atoms with Crippen LogP contribution in [0.1, 0.15) is 23.7 Å². The maximum atomic E-state index is 13.4. The van der Waals surface area contributed by atoms with Crippen LogP contribution in [0.4, 0.5) is 8.78 Å². The van der Waals surface area contributed by atoms with Gasteiger partial charge in [-0.2, -0.15) is 5.26 Å². The van der Waals surface area contributed by atoms with Crippen LogP contribution in [0.15, 0.2) is 18.2 Å². The maximum Gasteiger partial charge on any atom is 0.257 e. The monoisotopic (exact) mass is 238 g/mol. The Kier molecular flexibility index (Phi) is 4.58. The highest BCUT2D eigenvalue weighted by Crippen LogP contribution is 2.12. The van der Waals surface area contributed by atoms with E-state index in [1.165, 1.54) is 4.90 Å². The molecule has 0 fully saturated rings. The second-order valence-corrected chi connectivity index (χ2v) is 3.51. The zero-order chi connectivity index (χ0) is 12.8. The molecule has 0 atom stereocenters. The van der Waals surface area contributed by atoms with Gasteiger partial charge in [-0.15, -0.1) is 0 Å². The summed E-state index contributed by atoms with van der Waals surface area (Å²) in [6, 6.07) is 4.52. The molecule has 5 heteroatoms. The number of hydrogen-bond donors (Lipinski definition) is 0. The zero-order valence-corrected chi connectivity index (χ0v) is 9.41. The molecule has 0 aliphatic rings. The molecule has 1 amide bonds. The highest BCUT2D eigenvalue weighted by molar-refractivity contribution is 5.94. The first-order valence-electron chi connectivity index (χ1n) is 5.21. The summed E-state index contributed by atoms with van der Waals surface area (Å²) >= 11 is 0. The summed E-state index contributed by atoms with van der Waals surface area (Å²) in [6.07, 6.45) is 0.643. The summed E-state index contributed by atoms with van der Waals surface area (Å²) in [5, 5.41) is 8.57. The van der Waals surface area contributed by atoms with Gasteiger partial charge in [-0.3, -0.25) is 4.79 Å². The lowest BCUT2D eigenvalue weighted by Crippen LogP contribution is -2.32. The second-order valence-electron chi connectivity index (χ2n) is 3.51. The third-order valence-electron chi connectivity index (χ3n) is 2.20. The summed E-state index contributed by atoms with van der Waals surface area (Å²) in [7, 11) is 0. The van der Waals surface area contributed by atoms with E-state index in [0.717, 1.165) is 18.2 Å². The number of nitrogens with zero attached hydrogens (tertiary/aromatic N) is 2. The largest absolute Gasteiger partial charge is 0.325 e. The van der Waals surface area contributed by atoms with Crippen molar-refractivity contribution in [2.24, 2.45) is 0 Å². The molecular formula is C12H12F2N2O. The molecule has 0 aliphatic heterocycles. The Morgan fingerprint density at radius 3 is 2.76 bits per heavy atom. The van der Waals surface area contributed by atoms with Crippen molar-refractivity contribution in [2.45, 2.75) is 13.3 Å². The molecule has 0 saturated heterocycles. The van der Waals surface area contributed by atoms with Gasteiger partial charge in [-0.05, 0) is 24.6 Å². The topological polar surface area (TPSA) is 44.1 Å². The fourth-order valence-corrected chi connectivity index (χ4v) is 1.44. The third-order valence-corrected chi connectivity index (χ3v) is 2.20. The molecule has 0 N–H and O–H groups in total. The van der Waals surface area contributed by atoms with Crippen molar-refractivity contribution in [2.75, 3.05) is 13.1 Å². The van der Waals surface area contributed by atoms with E-state index in [1.807, 2.05) is 13.0 Å². The number of halogens is 2. The Bertz CT molecular complexity index is 454. The average molecular weight is 238 g/mol. The third kappa shape index (κ3) is 3.25. The molecule has 0 saturated carbocycles. The average Bonchev–Trinajstić information content (AvgIpc) is 2.31. The number of carbonyl (C=O) groups excluding carboxylic acids is 1. The molecule has 0 unspecified atom stereocenters. The molecule has 0 spiro atoms. The predicted octanol–water partition coefficient (Wildman–Crippen LogP) is 2.34. The Labute approximate surface area is 98.3 Å². The molecule has 0 radical (unpaired) electrons. The van der Waals surface area contributed by atoms with Crippen LogP contribution in [-0.4, -0.2) is 23.9 Å². The lowest BCUT2D eigenvalue weighted by Gasteiger charge is -2.18. The number of amides is 1. The van der Waals surface area contributed by atoms with Crippen LogP contribution in [-0.2, 0) is 0 Å². The van der Waals surface area contributed by atoms with Gasteiger partial charge in [0.15, 0.2) is 0 Å². The van der Waals surface area contributed by atoms with Gasteiger partial charge >= 0.3 is 0 Å². The first kappa shape index (κ1) is 13.1. The molecule has 0 aromatic heterocycles. The van der Waals surface area contributed by atoms with Crippen molar-refractivity contribution in [1.82, 2.24) is 4.90 Å². The van der Waals surface area contributed by atoms with Crippen LogP contribution < -0.4 is 0 Å². The van der Waals surface area contributed by atoms with E-state index in [1.54, 1.807) is 0 Å². The van der Waals surface area contributed by atoms with Crippen molar-refractivity contribution in [3.8, 4) is 6.07 Å². The normalized spacial score (nSPS) is 9.76. The van der Waals surface area contributed by atoms with E-state index in [9.17, 15) is 13.6 Å². The van der Waals surface area contributed by atoms with E-state index in [-0.39, 0.29) is 12.1 Å². The molecule has 0 bridgehead atoms. The van der Waals surface area contributed by atoms with Crippen molar-refractivity contribution in [1.29, 1.82) is 5.26 Å². The van der Waals surface area contributed by atoms with Crippen molar-refractivity contribution < 1.29 is 13.6 Å². The van der Waals surface area contributed by atoms with E-state index >= 15 is 0 Å². The molecule has 3 nitrogen and oxygen atoms in total. The van der Waals surface area contributed by atoms with Crippen molar-refractivity contribution in [3.63, 3.8) is 0 Å². The van der Waals surface area contributed by atoms with Gasteiger partial charge in [-0.25, -0.2) is 8.78 Å². The molecule has 0 aliphatic carbocycles. The van der Waals surface area contributed by atoms with Gasteiger partial charge in [0.1, 0.15) is 18.2 Å². The molecule has 1 aromatic rings. The Hall–Kier alpha value is -1.96. The quantitative estimate of drug-likeness (QED) is 0.756. The van der Waals surface area contributed by atoms with Crippen molar-refractivity contribution >= 4 is 5.91 Å². The molecule has 1 aromatic carbocycles. The minimum atomic E-state index is -0.782. The zero-order valence-electron chi connectivity index (χ0n) is 9.41. The number of carbonyl (C=O) groups is 1. The van der Waals surface area contributed by atoms with Gasteiger partial charge in [-0.1, -0.05) is 6.92 Å². The lowest BCUT2D eigenvalue weighted by atomic mass is 10.1. The van der Waals surface area contributed by atoms with E-state index in [0.29, 0.717) is 13.0 Å². The Morgan fingerprint density at radius 1 is 1.47 bits per heavy atom. The Morgan fingerprint density at radius 2 is 2.18 bits per heavy atom. The van der Waals surface area contributed by atoms with Gasteiger partial charge < -0.3 is 4.90 Å². The van der Waals surface area contributed by atoms with Crippen LogP contribution in [0, 0.1) is 23.0 Å². The van der Waals surface area contributed by atoms with Crippen LogP contribution >= 0.6 is 0 Å². The highest BCUT2D eigenvalue weighted by atomic mass is 19.1. The number of hydrogen-bond acceptors (Lipinski definition) is 2. The Balaban J connectivity index is 3.00. The van der Waals surface area contributed by atoms with E-state index in [4.69, 9.17) is 5.26 Å². The second kappa shape index (κ2) is 5.94. The fourth-order valence-electron chi connectivity index (χ4n) is 1.44. The van der Waals surface area contributed by atoms with Gasteiger partial charge in [0, 0.05) is 6.54 Å². The molecular weight excluding hydrogens is 226 g/mol. The molecule has 0 heterocycles. The highest BCUT2D eigenvalue weighted by Gasteiger charge is 2.19. The predicted molar refractivity (Wildman–Crippen MR) is 58.2 cm³/mol. The minimum Gasteiger partial charge on any atom is -0.325 e. The first-order valence-corrected chi connectivity index (χ1v) is 5.21. The number of nitriles is 1. The molecule has 90 valence electrons. The van der Waals surface area contributed by atoms with Crippen LogP contribution in [0.2, 0.25) is 0 Å². The van der Waals surface area contributed by atoms with Crippen LogP contribution in [0.5, 0.6) is 0 Å². The van der Waals surface area contributed by atoms with Gasteiger partial charge in [0.05, 0.1) is 11.6 Å². The van der Waals surface area contributed by atoms with Crippen LogP contribution in [0.3, 0.4) is 0 Å². The molecule has 1 rings (SSSR count). The lowest BCUT2D eigenvalue weighted by molar-refractivity contribution is 0.0771. The SMILES string of the molecule is CCCN(CC#N)C(=O)c1cc(F)ccc1F. The fraction of sp³-hybridized carbons (Fsp3) is 0.333. The maximum absolute atomic E-state index is 13.4. The summed E-state index contributed by atoms with van der Waals surface area (Å²) in [5.41, 5.74) is -0.339. The number of benzene rings is 1. The number of rotatable bonds is 4.